The van der Waals surface area contributed by atoms with Crippen LogP contribution in [-0.2, 0) is 6.54 Å². The molecule has 1 aromatic carbocycles. The fourth-order valence-electron chi connectivity index (χ4n) is 2.40. The van der Waals surface area contributed by atoms with E-state index in [-0.39, 0.29) is 0 Å². The Morgan fingerprint density at radius 1 is 1.41 bits per heavy atom. The van der Waals surface area contributed by atoms with Crippen molar-refractivity contribution in [3.8, 4) is 0 Å². The van der Waals surface area contributed by atoms with Crippen molar-refractivity contribution in [2.24, 2.45) is 5.92 Å². The Bertz CT molecular complexity index is 397. The van der Waals surface area contributed by atoms with Gasteiger partial charge in [0.25, 0.3) is 0 Å². The lowest BCUT2D eigenvalue weighted by Crippen LogP contribution is -2.33. The molecule has 0 aliphatic carbocycles. The highest BCUT2D eigenvalue weighted by molar-refractivity contribution is 6.18. The molecule has 1 heterocycles. The van der Waals surface area contributed by atoms with E-state index in [1.165, 1.54) is 12.1 Å². The van der Waals surface area contributed by atoms with Gasteiger partial charge in [0.2, 0.25) is 0 Å². The van der Waals surface area contributed by atoms with Gasteiger partial charge in [0, 0.05) is 30.1 Å². The molecule has 1 fully saturated rings. The van der Waals surface area contributed by atoms with E-state index in [2.05, 4.69) is 11.8 Å². The lowest BCUT2D eigenvalue weighted by molar-refractivity contribution is 0.239. The first kappa shape index (κ1) is 12.8. The molecule has 0 spiro atoms. The van der Waals surface area contributed by atoms with Gasteiger partial charge < -0.3 is 0 Å². The summed E-state index contributed by atoms with van der Waals surface area (Å²) in [5.74, 6) is 0.0908. The van der Waals surface area contributed by atoms with Gasteiger partial charge in [0.15, 0.2) is 0 Å². The van der Waals surface area contributed by atoms with Gasteiger partial charge in [-0.3, -0.25) is 4.90 Å². The molecule has 0 amide bonds. The van der Waals surface area contributed by atoms with Crippen LogP contribution in [0, 0.1) is 17.6 Å². The van der Waals surface area contributed by atoms with E-state index >= 15 is 0 Å². The van der Waals surface area contributed by atoms with Crippen LogP contribution < -0.4 is 0 Å². The Morgan fingerprint density at radius 2 is 2.18 bits per heavy atom. The zero-order valence-corrected chi connectivity index (χ0v) is 10.6. The Balaban J connectivity index is 2.10. The van der Waals surface area contributed by atoms with Crippen molar-refractivity contribution in [1.29, 1.82) is 0 Å². The second kappa shape index (κ2) is 5.32. The summed E-state index contributed by atoms with van der Waals surface area (Å²) >= 11 is 5.93. The third-order valence-corrected chi connectivity index (χ3v) is 3.86. The van der Waals surface area contributed by atoms with Crippen LogP contribution in [0.2, 0.25) is 0 Å². The first-order valence-corrected chi connectivity index (χ1v) is 6.39. The molecule has 0 aromatic heterocycles. The van der Waals surface area contributed by atoms with Gasteiger partial charge in [-0.15, -0.1) is 11.6 Å². The van der Waals surface area contributed by atoms with Crippen LogP contribution in [0.1, 0.15) is 18.9 Å². The predicted octanol–water partition coefficient (Wildman–Crippen LogP) is 3.41. The van der Waals surface area contributed by atoms with E-state index < -0.39 is 11.6 Å². The molecule has 94 valence electrons. The molecule has 2 unspecified atom stereocenters. The number of hydrogen-bond donors (Lipinski definition) is 0. The van der Waals surface area contributed by atoms with Gasteiger partial charge in [-0.2, -0.15) is 0 Å². The predicted molar refractivity (Wildman–Crippen MR) is 65.1 cm³/mol. The number of hydrogen-bond acceptors (Lipinski definition) is 1. The van der Waals surface area contributed by atoms with Crippen molar-refractivity contribution in [3.63, 3.8) is 0 Å². The molecule has 17 heavy (non-hydrogen) atoms. The molecule has 2 rings (SSSR count). The fraction of sp³-hybridized carbons (Fsp3) is 0.538. The summed E-state index contributed by atoms with van der Waals surface area (Å²) in [5, 5.41) is 0. The van der Waals surface area contributed by atoms with Gasteiger partial charge >= 0.3 is 0 Å². The van der Waals surface area contributed by atoms with E-state index in [1.807, 2.05) is 0 Å². The lowest BCUT2D eigenvalue weighted by Gasteiger charge is -2.25. The Hall–Kier alpha value is -0.670. The van der Waals surface area contributed by atoms with E-state index in [0.717, 1.165) is 19.0 Å². The molecular formula is C13H16ClF2N. The van der Waals surface area contributed by atoms with Gasteiger partial charge in [0.05, 0.1) is 0 Å². The summed E-state index contributed by atoms with van der Waals surface area (Å²) < 4.78 is 26.3. The highest BCUT2D eigenvalue weighted by atomic mass is 35.5. The lowest BCUT2D eigenvalue weighted by atomic mass is 10.0. The summed E-state index contributed by atoms with van der Waals surface area (Å²) in [5.41, 5.74) is 0.538. The van der Waals surface area contributed by atoms with Crippen LogP contribution in [0.5, 0.6) is 0 Å². The third kappa shape index (κ3) is 2.78. The minimum absolute atomic E-state index is 0.293. The summed E-state index contributed by atoms with van der Waals surface area (Å²) in [7, 11) is 0. The smallest absolute Gasteiger partial charge is 0.130 e. The second-order valence-corrected chi connectivity index (χ2v) is 5.00. The van der Waals surface area contributed by atoms with Crippen molar-refractivity contribution >= 4 is 11.6 Å². The second-order valence-electron chi connectivity index (χ2n) is 4.69. The van der Waals surface area contributed by atoms with Crippen LogP contribution in [0.4, 0.5) is 8.78 Å². The Kier molecular flexibility index (Phi) is 4.00. The first-order valence-electron chi connectivity index (χ1n) is 5.85. The number of benzene rings is 1. The molecule has 0 bridgehead atoms. The topological polar surface area (TPSA) is 3.24 Å². The maximum atomic E-state index is 13.5. The van der Waals surface area contributed by atoms with E-state index in [9.17, 15) is 8.78 Å². The number of alkyl halides is 1. The van der Waals surface area contributed by atoms with Crippen LogP contribution in [0.25, 0.3) is 0 Å². The van der Waals surface area contributed by atoms with Crippen LogP contribution >= 0.6 is 11.6 Å². The van der Waals surface area contributed by atoms with Crippen molar-refractivity contribution in [2.75, 3.05) is 12.4 Å². The minimum atomic E-state index is -0.532. The molecule has 0 radical (unpaired) electrons. The number of halogens is 3. The molecule has 1 nitrogen and oxygen atoms in total. The average molecular weight is 260 g/mol. The van der Waals surface area contributed by atoms with Crippen LogP contribution in [0.15, 0.2) is 18.2 Å². The summed E-state index contributed by atoms with van der Waals surface area (Å²) in [6.45, 7) is 3.59. The molecule has 1 aromatic rings. The number of rotatable bonds is 3. The summed E-state index contributed by atoms with van der Waals surface area (Å²) in [6, 6.07) is 4.04. The molecular weight excluding hydrogens is 244 g/mol. The number of nitrogens with zero attached hydrogens (tertiary/aromatic N) is 1. The third-order valence-electron chi connectivity index (χ3n) is 3.54. The first-order chi connectivity index (χ1) is 8.11. The van der Waals surface area contributed by atoms with Gasteiger partial charge in [0.1, 0.15) is 11.6 Å². The highest BCUT2D eigenvalue weighted by Crippen LogP contribution is 2.27. The monoisotopic (exact) mass is 259 g/mol. The Morgan fingerprint density at radius 3 is 2.82 bits per heavy atom. The zero-order chi connectivity index (χ0) is 12.4. The zero-order valence-electron chi connectivity index (χ0n) is 9.80. The normalized spacial score (nSPS) is 25.4. The van der Waals surface area contributed by atoms with E-state index in [4.69, 9.17) is 11.6 Å². The van der Waals surface area contributed by atoms with Crippen LogP contribution in [-0.4, -0.2) is 23.4 Å². The summed E-state index contributed by atoms with van der Waals surface area (Å²) in [4.78, 5) is 2.17. The quantitative estimate of drug-likeness (QED) is 0.752. The highest BCUT2D eigenvalue weighted by Gasteiger charge is 2.30. The Labute approximate surface area is 105 Å². The maximum absolute atomic E-state index is 13.5. The standard InChI is InChI=1S/C13H16ClF2N/c1-9-4-5-17(13(9)7-14)8-10-2-3-11(15)6-12(10)16/h2-3,6,9,13H,4-5,7-8H2,1H3. The summed E-state index contributed by atoms with van der Waals surface area (Å²) in [6.07, 6.45) is 1.08. The molecule has 1 saturated heterocycles. The van der Waals surface area contributed by atoms with Gasteiger partial charge in [-0.1, -0.05) is 13.0 Å². The van der Waals surface area contributed by atoms with Gasteiger partial charge in [-0.25, -0.2) is 8.78 Å². The largest absolute Gasteiger partial charge is 0.295 e. The molecule has 0 saturated carbocycles. The molecule has 1 aliphatic heterocycles. The fourth-order valence-corrected chi connectivity index (χ4v) is 2.90. The molecule has 0 N–H and O–H groups in total. The SMILES string of the molecule is CC1CCN(Cc2ccc(F)cc2F)C1CCl. The van der Waals surface area contributed by atoms with Crippen molar-refractivity contribution in [3.05, 3.63) is 35.4 Å². The number of likely N-dealkylation sites (tertiary alicyclic amines) is 1. The molecule has 2 atom stereocenters. The maximum Gasteiger partial charge on any atom is 0.130 e. The van der Waals surface area contributed by atoms with Crippen LogP contribution in [0.3, 0.4) is 0 Å². The van der Waals surface area contributed by atoms with E-state index in [0.29, 0.717) is 29.9 Å². The van der Waals surface area contributed by atoms with Crippen molar-refractivity contribution in [1.82, 2.24) is 4.90 Å². The molecule has 1 aliphatic rings. The van der Waals surface area contributed by atoms with E-state index in [1.54, 1.807) is 0 Å². The molecule has 4 heteroatoms. The average Bonchev–Trinajstić information content (AvgIpc) is 2.63. The van der Waals surface area contributed by atoms with Gasteiger partial charge in [-0.05, 0) is 24.9 Å². The van der Waals surface area contributed by atoms with Crippen molar-refractivity contribution < 1.29 is 8.78 Å². The van der Waals surface area contributed by atoms with Crippen molar-refractivity contribution in [2.45, 2.75) is 25.9 Å². The minimum Gasteiger partial charge on any atom is -0.295 e.